The minimum absolute atomic E-state index is 0.0104. The monoisotopic (exact) mass is 425 g/mol. The van der Waals surface area contributed by atoms with Crippen LogP contribution in [0.2, 0.25) is 0 Å². The molecule has 8 nitrogen and oxygen atoms in total. The molecule has 1 aliphatic heterocycles. The predicted molar refractivity (Wildman–Crippen MR) is 111 cm³/mol. The van der Waals surface area contributed by atoms with Crippen LogP contribution in [0.5, 0.6) is 0 Å². The molecule has 1 saturated heterocycles. The Morgan fingerprint density at radius 2 is 1.94 bits per heavy atom. The van der Waals surface area contributed by atoms with E-state index in [-0.39, 0.29) is 29.9 Å². The van der Waals surface area contributed by atoms with E-state index in [1.165, 1.54) is 0 Å². The first-order chi connectivity index (χ1) is 14.6. The number of aromatic nitrogens is 2. The fourth-order valence-corrected chi connectivity index (χ4v) is 3.51. The molecule has 164 valence electrons. The molecule has 1 aliphatic rings. The summed E-state index contributed by atoms with van der Waals surface area (Å²) in [6, 6.07) is 9.07. The number of hydrogen-bond acceptors (Lipinski definition) is 7. The maximum absolute atomic E-state index is 12.7. The molecule has 1 fully saturated rings. The normalized spacial score (nSPS) is 20.8. The van der Waals surface area contributed by atoms with E-state index < -0.39 is 23.6 Å². The van der Waals surface area contributed by atoms with E-state index in [0.29, 0.717) is 17.7 Å². The zero-order valence-corrected chi connectivity index (χ0v) is 18.4. The fraction of sp³-hybridized carbons (Fsp3) is 0.478. The van der Waals surface area contributed by atoms with Gasteiger partial charge in [0.25, 0.3) is 0 Å². The molecule has 8 heteroatoms. The number of benzene rings is 1. The van der Waals surface area contributed by atoms with Gasteiger partial charge < -0.3 is 14.2 Å². The van der Waals surface area contributed by atoms with Crippen LogP contribution in [0.1, 0.15) is 77.9 Å². The van der Waals surface area contributed by atoms with Crippen molar-refractivity contribution in [2.24, 2.45) is 5.92 Å². The topological polar surface area (TPSA) is 114 Å². The minimum Gasteiger partial charge on any atom is -0.459 e. The second-order valence-electron chi connectivity index (χ2n) is 8.83. The van der Waals surface area contributed by atoms with E-state index in [1.807, 2.05) is 32.0 Å². The maximum Gasteiger partial charge on any atom is 0.343 e. The summed E-state index contributed by atoms with van der Waals surface area (Å²) < 4.78 is 16.9. The summed E-state index contributed by atoms with van der Waals surface area (Å²) in [5.41, 5.74) is 1.29. The Hall–Kier alpha value is -3.18. The van der Waals surface area contributed by atoms with Crippen LogP contribution in [-0.2, 0) is 14.2 Å². The van der Waals surface area contributed by atoms with Gasteiger partial charge in [-0.05, 0) is 52.2 Å². The van der Waals surface area contributed by atoms with Crippen molar-refractivity contribution >= 4 is 11.9 Å². The molecule has 1 aromatic heterocycles. The summed E-state index contributed by atoms with van der Waals surface area (Å²) in [5.74, 6) is -1.03. The number of carbonyl (C=O) groups is 2. The van der Waals surface area contributed by atoms with Crippen molar-refractivity contribution in [3.05, 3.63) is 52.3 Å². The number of hydrogen-bond donors (Lipinski definition) is 1. The standard InChI is InChI=1S/C23H27N3O5/c1-13-6-8-15(9-7-13)21(27)29-12-16-10-14(2)20(30-16)19-18(17(11-24)25-26-19)22(28)31-23(3,4)5/h6-9,14,16,20H,10,12H2,1-5H3,(H,25,26)/t14-,16-,20+/m0/s1. The Morgan fingerprint density at radius 3 is 2.55 bits per heavy atom. The van der Waals surface area contributed by atoms with Crippen molar-refractivity contribution in [1.29, 1.82) is 5.26 Å². The number of nitrogens with one attached hydrogen (secondary N) is 1. The number of H-pyrrole nitrogens is 1. The third-order valence-electron chi connectivity index (χ3n) is 4.97. The smallest absolute Gasteiger partial charge is 0.343 e. The molecule has 0 spiro atoms. The lowest BCUT2D eigenvalue weighted by Crippen LogP contribution is -2.25. The molecule has 0 unspecified atom stereocenters. The lowest BCUT2D eigenvalue weighted by atomic mass is 9.96. The highest BCUT2D eigenvalue weighted by Gasteiger charge is 2.39. The molecular formula is C23H27N3O5. The minimum atomic E-state index is -0.715. The number of carbonyl (C=O) groups excluding carboxylic acids is 2. The average molecular weight is 425 g/mol. The number of aryl methyl sites for hydroxylation is 1. The summed E-state index contributed by atoms with van der Waals surface area (Å²) in [6.07, 6.45) is -0.213. The van der Waals surface area contributed by atoms with Crippen molar-refractivity contribution in [3.63, 3.8) is 0 Å². The van der Waals surface area contributed by atoms with Gasteiger partial charge in [-0.1, -0.05) is 24.6 Å². The maximum atomic E-state index is 12.7. The van der Waals surface area contributed by atoms with E-state index in [4.69, 9.17) is 14.2 Å². The van der Waals surface area contributed by atoms with Crippen LogP contribution in [0.25, 0.3) is 0 Å². The SMILES string of the molecule is Cc1ccc(C(=O)OC[C@@H]2C[C@H](C)[C@H](c3[nH]nc(C#N)c3C(=O)OC(C)(C)C)O2)cc1. The molecule has 0 radical (unpaired) electrons. The largest absolute Gasteiger partial charge is 0.459 e. The molecule has 1 aromatic carbocycles. The fourth-order valence-electron chi connectivity index (χ4n) is 3.51. The number of rotatable bonds is 5. The molecule has 2 heterocycles. The molecule has 0 amide bonds. The van der Waals surface area contributed by atoms with Crippen LogP contribution in [0.15, 0.2) is 24.3 Å². The Bertz CT molecular complexity index is 998. The van der Waals surface area contributed by atoms with Gasteiger partial charge in [0.05, 0.1) is 17.4 Å². The number of ether oxygens (including phenoxy) is 3. The first kappa shape index (κ1) is 22.5. The average Bonchev–Trinajstić information content (AvgIpc) is 3.28. The van der Waals surface area contributed by atoms with Gasteiger partial charge in [-0.3, -0.25) is 5.10 Å². The van der Waals surface area contributed by atoms with E-state index in [0.717, 1.165) is 5.56 Å². The Balaban J connectivity index is 1.70. The molecule has 31 heavy (non-hydrogen) atoms. The lowest BCUT2D eigenvalue weighted by molar-refractivity contribution is -0.0140. The first-order valence-corrected chi connectivity index (χ1v) is 10.2. The van der Waals surface area contributed by atoms with Gasteiger partial charge in [0.1, 0.15) is 29.9 Å². The van der Waals surface area contributed by atoms with Crippen molar-refractivity contribution in [2.75, 3.05) is 6.61 Å². The molecule has 1 N–H and O–H groups in total. The summed E-state index contributed by atoms with van der Waals surface area (Å²) in [6.45, 7) is 9.27. The van der Waals surface area contributed by atoms with Crippen LogP contribution in [-0.4, -0.2) is 40.4 Å². The Kier molecular flexibility index (Phi) is 6.46. The van der Waals surface area contributed by atoms with Crippen molar-refractivity contribution in [1.82, 2.24) is 10.2 Å². The van der Waals surface area contributed by atoms with Gasteiger partial charge in [-0.15, -0.1) is 0 Å². The van der Waals surface area contributed by atoms with Crippen molar-refractivity contribution in [3.8, 4) is 6.07 Å². The third kappa shape index (κ3) is 5.30. The van der Waals surface area contributed by atoms with Crippen LogP contribution in [0.4, 0.5) is 0 Å². The van der Waals surface area contributed by atoms with E-state index >= 15 is 0 Å². The first-order valence-electron chi connectivity index (χ1n) is 10.2. The highest BCUT2D eigenvalue weighted by molar-refractivity contribution is 5.93. The van der Waals surface area contributed by atoms with Gasteiger partial charge in [0.2, 0.25) is 0 Å². The Labute approximate surface area is 181 Å². The molecule has 0 saturated carbocycles. The van der Waals surface area contributed by atoms with E-state index in [2.05, 4.69) is 10.2 Å². The summed E-state index contributed by atoms with van der Waals surface area (Å²) in [4.78, 5) is 25.0. The number of nitriles is 1. The molecule has 0 bridgehead atoms. The molecule has 0 aliphatic carbocycles. The number of nitrogens with zero attached hydrogens (tertiary/aromatic N) is 2. The van der Waals surface area contributed by atoms with Crippen LogP contribution in [0.3, 0.4) is 0 Å². The van der Waals surface area contributed by atoms with Crippen LogP contribution < -0.4 is 0 Å². The zero-order chi connectivity index (χ0) is 22.8. The van der Waals surface area contributed by atoms with Crippen molar-refractivity contribution in [2.45, 2.75) is 58.8 Å². The van der Waals surface area contributed by atoms with Crippen molar-refractivity contribution < 1.29 is 23.8 Å². The predicted octanol–water partition coefficient (Wildman–Crippen LogP) is 3.87. The summed E-state index contributed by atoms with van der Waals surface area (Å²) >= 11 is 0. The van der Waals surface area contributed by atoms with E-state index in [9.17, 15) is 14.9 Å². The molecule has 2 aromatic rings. The molecule has 3 rings (SSSR count). The highest BCUT2D eigenvalue weighted by Crippen LogP contribution is 2.39. The van der Waals surface area contributed by atoms with Gasteiger partial charge in [-0.2, -0.15) is 10.4 Å². The van der Waals surface area contributed by atoms with E-state index in [1.54, 1.807) is 32.9 Å². The van der Waals surface area contributed by atoms with Gasteiger partial charge in [0, 0.05) is 0 Å². The quantitative estimate of drug-likeness (QED) is 0.723. The second kappa shape index (κ2) is 8.90. The van der Waals surface area contributed by atoms with Crippen LogP contribution >= 0.6 is 0 Å². The highest BCUT2D eigenvalue weighted by atomic mass is 16.6. The number of aromatic amines is 1. The van der Waals surface area contributed by atoms with Crippen LogP contribution in [0, 0.1) is 24.2 Å². The number of esters is 2. The second-order valence-corrected chi connectivity index (χ2v) is 8.83. The molecular weight excluding hydrogens is 398 g/mol. The summed E-state index contributed by atoms with van der Waals surface area (Å²) in [5, 5.41) is 16.1. The third-order valence-corrected chi connectivity index (χ3v) is 4.97. The Morgan fingerprint density at radius 1 is 1.26 bits per heavy atom. The van der Waals surface area contributed by atoms with Gasteiger partial charge in [-0.25, -0.2) is 9.59 Å². The molecule has 3 atom stereocenters. The van der Waals surface area contributed by atoms with Gasteiger partial charge >= 0.3 is 11.9 Å². The van der Waals surface area contributed by atoms with Gasteiger partial charge in [0.15, 0.2) is 5.69 Å². The zero-order valence-electron chi connectivity index (χ0n) is 18.4. The summed E-state index contributed by atoms with van der Waals surface area (Å²) in [7, 11) is 0. The lowest BCUT2D eigenvalue weighted by Gasteiger charge is -2.21.